The third-order valence-corrected chi connectivity index (χ3v) is 6.91. The number of urea groups is 1. The van der Waals surface area contributed by atoms with Crippen LogP contribution in [0.25, 0.3) is 0 Å². The van der Waals surface area contributed by atoms with Crippen molar-refractivity contribution in [2.24, 2.45) is 11.8 Å². The van der Waals surface area contributed by atoms with Crippen molar-refractivity contribution in [3.05, 3.63) is 30.3 Å². The summed E-state index contributed by atoms with van der Waals surface area (Å²) < 4.78 is 0. The lowest BCUT2D eigenvalue weighted by Crippen LogP contribution is -2.50. The van der Waals surface area contributed by atoms with Crippen LogP contribution >= 0.6 is 0 Å². The first-order valence-corrected chi connectivity index (χ1v) is 11.8. The zero-order chi connectivity index (χ0) is 21.6. The highest BCUT2D eigenvalue weighted by Gasteiger charge is 2.35. The van der Waals surface area contributed by atoms with E-state index in [1.165, 1.54) is 6.42 Å². The maximum absolute atomic E-state index is 13.1. The highest BCUT2D eigenvalue weighted by Crippen LogP contribution is 2.25. The molecule has 4 amide bonds. The number of para-hydroxylation sites is 1. The Hall–Kier alpha value is -2.57. The van der Waals surface area contributed by atoms with Crippen LogP contribution in [0, 0.1) is 11.8 Å². The Morgan fingerprint density at radius 1 is 0.677 bits per heavy atom. The Bertz CT molecular complexity index is 770. The lowest BCUT2D eigenvalue weighted by molar-refractivity contribution is -0.143. The second-order valence-corrected chi connectivity index (χ2v) is 9.07. The van der Waals surface area contributed by atoms with E-state index in [4.69, 9.17) is 0 Å². The summed E-state index contributed by atoms with van der Waals surface area (Å²) in [5.41, 5.74) is 0.765. The van der Waals surface area contributed by atoms with Gasteiger partial charge in [0.25, 0.3) is 0 Å². The molecule has 0 bridgehead atoms. The minimum absolute atomic E-state index is 0.0571. The second-order valence-electron chi connectivity index (χ2n) is 9.07. The fraction of sp³-hybridized carbons (Fsp3) is 0.625. The molecular weight excluding hydrogens is 392 g/mol. The van der Waals surface area contributed by atoms with Gasteiger partial charge in [0, 0.05) is 50.9 Å². The van der Waals surface area contributed by atoms with Gasteiger partial charge >= 0.3 is 6.03 Å². The molecule has 0 spiro atoms. The number of carbonyl (C=O) groups excluding carboxylic acids is 3. The molecule has 4 rings (SSSR count). The molecular formula is C24H34N4O3. The van der Waals surface area contributed by atoms with E-state index < -0.39 is 0 Å². The minimum Gasteiger partial charge on any atom is -0.342 e. The van der Waals surface area contributed by atoms with Gasteiger partial charge in [-0.1, -0.05) is 18.2 Å². The molecule has 168 valence electrons. The third kappa shape index (κ3) is 5.38. The zero-order valence-corrected chi connectivity index (χ0v) is 18.3. The molecule has 1 aromatic carbocycles. The van der Waals surface area contributed by atoms with E-state index in [1.807, 2.05) is 40.1 Å². The number of nitrogens with one attached hydrogen (secondary N) is 1. The Morgan fingerprint density at radius 2 is 1.29 bits per heavy atom. The number of rotatable bonds is 3. The molecule has 1 unspecified atom stereocenters. The molecule has 1 aromatic rings. The number of likely N-dealkylation sites (tertiary alicyclic amines) is 3. The fourth-order valence-electron chi connectivity index (χ4n) is 5.06. The normalized spacial score (nSPS) is 22.8. The van der Waals surface area contributed by atoms with Crippen LogP contribution < -0.4 is 5.32 Å². The number of nitrogens with zero attached hydrogens (tertiary/aromatic N) is 3. The van der Waals surface area contributed by atoms with E-state index in [2.05, 4.69) is 5.32 Å². The average molecular weight is 427 g/mol. The van der Waals surface area contributed by atoms with Crippen molar-refractivity contribution in [1.29, 1.82) is 0 Å². The van der Waals surface area contributed by atoms with Crippen LogP contribution in [0.1, 0.15) is 44.9 Å². The molecule has 0 aliphatic carbocycles. The highest BCUT2D eigenvalue weighted by molar-refractivity contribution is 5.90. The van der Waals surface area contributed by atoms with E-state index >= 15 is 0 Å². The molecule has 1 N–H and O–H groups in total. The molecule has 3 aliphatic rings. The Balaban J connectivity index is 1.26. The molecule has 7 heteroatoms. The van der Waals surface area contributed by atoms with Gasteiger partial charge in [0.05, 0.1) is 5.92 Å². The highest BCUT2D eigenvalue weighted by atomic mass is 16.2. The van der Waals surface area contributed by atoms with Crippen molar-refractivity contribution >= 4 is 23.5 Å². The summed E-state index contributed by atoms with van der Waals surface area (Å²) in [4.78, 5) is 44.2. The van der Waals surface area contributed by atoms with E-state index in [1.54, 1.807) is 4.90 Å². The van der Waals surface area contributed by atoms with E-state index in [9.17, 15) is 14.4 Å². The molecule has 3 fully saturated rings. The summed E-state index contributed by atoms with van der Waals surface area (Å²) in [5.74, 6) is 0.334. The van der Waals surface area contributed by atoms with Crippen LogP contribution in [0.2, 0.25) is 0 Å². The van der Waals surface area contributed by atoms with Crippen molar-refractivity contribution in [3.8, 4) is 0 Å². The molecule has 0 saturated carbocycles. The van der Waals surface area contributed by atoms with E-state index in [0.29, 0.717) is 26.2 Å². The largest absolute Gasteiger partial charge is 0.342 e. The van der Waals surface area contributed by atoms with E-state index in [-0.39, 0.29) is 29.7 Å². The van der Waals surface area contributed by atoms with Crippen molar-refractivity contribution in [2.45, 2.75) is 44.9 Å². The molecule has 31 heavy (non-hydrogen) atoms. The topological polar surface area (TPSA) is 73.0 Å². The van der Waals surface area contributed by atoms with Crippen LogP contribution in [-0.2, 0) is 9.59 Å². The lowest BCUT2D eigenvalue weighted by atomic mass is 9.91. The zero-order valence-electron chi connectivity index (χ0n) is 18.3. The van der Waals surface area contributed by atoms with Gasteiger partial charge in [-0.25, -0.2) is 4.79 Å². The number of carbonyl (C=O) groups is 3. The SMILES string of the molecule is O=C(Nc1ccccc1)N1CCCC(C(=O)N2CCC(C(=O)N3CCCCC3)CC2)C1. The quantitative estimate of drug-likeness (QED) is 0.807. The molecule has 0 aromatic heterocycles. The number of benzene rings is 1. The summed E-state index contributed by atoms with van der Waals surface area (Å²) >= 11 is 0. The minimum atomic E-state index is -0.149. The van der Waals surface area contributed by atoms with Crippen molar-refractivity contribution in [2.75, 3.05) is 44.6 Å². The van der Waals surface area contributed by atoms with Gasteiger partial charge < -0.3 is 20.0 Å². The first kappa shape index (κ1) is 21.7. The summed E-state index contributed by atoms with van der Waals surface area (Å²) in [6.07, 6.45) is 6.61. The van der Waals surface area contributed by atoms with Gasteiger partial charge in [-0.2, -0.15) is 0 Å². The molecule has 3 heterocycles. The van der Waals surface area contributed by atoms with Gasteiger partial charge in [-0.05, 0) is 57.1 Å². The number of hydrogen-bond acceptors (Lipinski definition) is 3. The molecule has 3 aliphatic heterocycles. The first-order chi connectivity index (χ1) is 15.1. The maximum Gasteiger partial charge on any atom is 0.321 e. The molecule has 1 atom stereocenters. The van der Waals surface area contributed by atoms with Crippen LogP contribution in [0.5, 0.6) is 0 Å². The number of anilines is 1. The van der Waals surface area contributed by atoms with Crippen LogP contribution in [-0.4, -0.2) is 71.8 Å². The third-order valence-electron chi connectivity index (χ3n) is 6.91. The monoisotopic (exact) mass is 426 g/mol. The maximum atomic E-state index is 13.1. The van der Waals surface area contributed by atoms with E-state index in [0.717, 1.165) is 57.3 Å². The predicted molar refractivity (Wildman–Crippen MR) is 119 cm³/mol. The summed E-state index contributed by atoms with van der Waals surface area (Å²) in [7, 11) is 0. The Labute approximate surface area is 184 Å². The van der Waals surface area contributed by atoms with Crippen LogP contribution in [0.4, 0.5) is 10.5 Å². The second kappa shape index (κ2) is 10.2. The summed E-state index contributed by atoms with van der Waals surface area (Å²) in [6, 6.07) is 9.26. The van der Waals surface area contributed by atoms with Gasteiger partial charge in [-0.15, -0.1) is 0 Å². The Kier molecular flexibility index (Phi) is 7.10. The smallest absolute Gasteiger partial charge is 0.321 e. The van der Waals surface area contributed by atoms with Gasteiger partial charge in [-0.3, -0.25) is 9.59 Å². The van der Waals surface area contributed by atoms with Crippen LogP contribution in [0.3, 0.4) is 0 Å². The van der Waals surface area contributed by atoms with Crippen molar-refractivity contribution in [1.82, 2.24) is 14.7 Å². The summed E-state index contributed by atoms with van der Waals surface area (Å²) in [6.45, 7) is 4.21. The lowest BCUT2D eigenvalue weighted by Gasteiger charge is -2.38. The number of amides is 4. The van der Waals surface area contributed by atoms with Crippen LogP contribution in [0.15, 0.2) is 30.3 Å². The molecule has 3 saturated heterocycles. The standard InChI is InChI=1S/C24H34N4O3/c29-22(26-13-5-2-6-14-26)19-11-16-27(17-12-19)23(30)20-8-7-15-28(18-20)24(31)25-21-9-3-1-4-10-21/h1,3-4,9-10,19-20H,2,5-8,11-18H2,(H,25,31). The Morgan fingerprint density at radius 3 is 2.00 bits per heavy atom. The fourth-order valence-corrected chi connectivity index (χ4v) is 5.06. The average Bonchev–Trinajstić information content (AvgIpc) is 2.84. The first-order valence-electron chi connectivity index (χ1n) is 11.8. The van der Waals surface area contributed by atoms with Gasteiger partial charge in [0.1, 0.15) is 0 Å². The summed E-state index contributed by atoms with van der Waals surface area (Å²) in [5, 5.41) is 2.92. The number of hydrogen-bond donors (Lipinski definition) is 1. The van der Waals surface area contributed by atoms with Gasteiger partial charge in [0.2, 0.25) is 11.8 Å². The predicted octanol–water partition coefficient (Wildman–Crippen LogP) is 3.18. The molecule has 7 nitrogen and oxygen atoms in total. The van der Waals surface area contributed by atoms with Crippen molar-refractivity contribution in [3.63, 3.8) is 0 Å². The molecule has 0 radical (unpaired) electrons. The van der Waals surface area contributed by atoms with Crippen molar-refractivity contribution < 1.29 is 14.4 Å². The number of piperidine rings is 3. The van der Waals surface area contributed by atoms with Gasteiger partial charge in [0.15, 0.2) is 0 Å².